The van der Waals surface area contributed by atoms with E-state index in [2.05, 4.69) is 15.4 Å². The van der Waals surface area contributed by atoms with Crippen molar-refractivity contribution < 1.29 is 18.1 Å². The lowest BCUT2D eigenvalue weighted by Gasteiger charge is -2.11. The summed E-state index contributed by atoms with van der Waals surface area (Å²) in [7, 11) is -3.68. The van der Waals surface area contributed by atoms with Crippen LogP contribution in [0.15, 0.2) is 83.8 Å². The molecule has 3 aromatic carbocycles. The minimum absolute atomic E-state index is 0.0388. The van der Waals surface area contributed by atoms with Gasteiger partial charge in [0.15, 0.2) is 5.11 Å². The average molecular weight is 485 g/mol. The molecule has 0 aliphatic carbocycles. The number of hydrogen-bond acceptors (Lipinski definition) is 6. The van der Waals surface area contributed by atoms with Crippen molar-refractivity contribution in [2.75, 3.05) is 11.9 Å². The Balaban J connectivity index is 1.55. The van der Waals surface area contributed by atoms with Crippen LogP contribution in [0, 0.1) is 10.1 Å². The van der Waals surface area contributed by atoms with Gasteiger partial charge in [0.2, 0.25) is 10.0 Å². The van der Waals surface area contributed by atoms with E-state index in [1.165, 1.54) is 42.5 Å². The number of carbonyl (C=O) groups excluding carboxylic acids is 1. The smallest absolute Gasteiger partial charge is 0.270 e. The van der Waals surface area contributed by atoms with Crippen molar-refractivity contribution in [2.45, 2.75) is 11.3 Å². The molecule has 0 saturated carbocycles. The number of thiocarbonyl (C=S) groups is 1. The van der Waals surface area contributed by atoms with Crippen molar-refractivity contribution >= 4 is 44.6 Å². The third-order valence-corrected chi connectivity index (χ3v) is 6.20. The number of nitrogens with one attached hydrogen (secondary N) is 3. The van der Waals surface area contributed by atoms with E-state index < -0.39 is 20.9 Å². The maximum atomic E-state index is 12.5. The summed E-state index contributed by atoms with van der Waals surface area (Å²) in [5.41, 5.74) is 1.36. The van der Waals surface area contributed by atoms with Crippen LogP contribution in [0.4, 0.5) is 11.4 Å². The van der Waals surface area contributed by atoms with Gasteiger partial charge < -0.3 is 5.32 Å². The monoisotopic (exact) mass is 484 g/mol. The van der Waals surface area contributed by atoms with Gasteiger partial charge >= 0.3 is 0 Å². The molecular formula is C22H20N4O5S2. The Morgan fingerprint density at radius 1 is 0.970 bits per heavy atom. The molecular weight excluding hydrogens is 464 g/mol. The first-order valence-corrected chi connectivity index (χ1v) is 11.6. The van der Waals surface area contributed by atoms with Crippen LogP contribution in [0.25, 0.3) is 0 Å². The molecule has 0 atom stereocenters. The molecule has 0 bridgehead atoms. The largest absolute Gasteiger partial charge is 0.332 e. The minimum Gasteiger partial charge on any atom is -0.332 e. The highest BCUT2D eigenvalue weighted by molar-refractivity contribution is 7.89. The van der Waals surface area contributed by atoms with Crippen LogP contribution in [0.5, 0.6) is 0 Å². The number of nitro benzene ring substituents is 1. The fourth-order valence-corrected chi connectivity index (χ4v) is 4.12. The van der Waals surface area contributed by atoms with E-state index in [1.54, 1.807) is 0 Å². The molecule has 9 nitrogen and oxygen atoms in total. The number of carbonyl (C=O) groups is 1. The molecule has 0 heterocycles. The molecule has 33 heavy (non-hydrogen) atoms. The number of benzene rings is 3. The van der Waals surface area contributed by atoms with Crippen molar-refractivity contribution in [2.24, 2.45) is 0 Å². The van der Waals surface area contributed by atoms with Crippen molar-refractivity contribution in [3.05, 3.63) is 100 Å². The zero-order valence-corrected chi connectivity index (χ0v) is 18.9. The molecule has 3 rings (SSSR count). The zero-order valence-electron chi connectivity index (χ0n) is 17.2. The highest BCUT2D eigenvalue weighted by Crippen LogP contribution is 2.15. The SMILES string of the molecule is O=C(NC(=S)Nc1ccc(S(=O)(=O)NCCc2ccccc2)cc1)c1cccc([N+](=O)[O-])c1. The molecule has 0 aliphatic rings. The maximum Gasteiger partial charge on any atom is 0.270 e. The highest BCUT2D eigenvalue weighted by atomic mass is 32.2. The van der Waals surface area contributed by atoms with Crippen LogP contribution in [0.1, 0.15) is 15.9 Å². The molecule has 170 valence electrons. The Morgan fingerprint density at radius 2 is 1.67 bits per heavy atom. The summed E-state index contributed by atoms with van der Waals surface area (Å²) in [4.78, 5) is 22.6. The van der Waals surface area contributed by atoms with Crippen molar-refractivity contribution in [3.63, 3.8) is 0 Å². The maximum absolute atomic E-state index is 12.5. The summed E-state index contributed by atoms with van der Waals surface area (Å²) >= 11 is 5.10. The van der Waals surface area contributed by atoms with Gasteiger partial charge in [-0.15, -0.1) is 0 Å². The molecule has 0 fully saturated rings. The lowest BCUT2D eigenvalue weighted by molar-refractivity contribution is -0.384. The van der Waals surface area contributed by atoms with E-state index >= 15 is 0 Å². The van der Waals surface area contributed by atoms with E-state index in [1.807, 2.05) is 30.3 Å². The lowest BCUT2D eigenvalue weighted by atomic mass is 10.2. The summed E-state index contributed by atoms with van der Waals surface area (Å²) < 4.78 is 27.5. The lowest BCUT2D eigenvalue weighted by Crippen LogP contribution is -2.34. The standard InChI is InChI=1S/C22H20N4O5S2/c27-21(17-7-4-8-19(15-17)26(28)29)25-22(32)24-18-9-11-20(12-10-18)33(30,31)23-14-13-16-5-2-1-3-6-16/h1-12,15,23H,13-14H2,(H2,24,25,27,32). The first kappa shape index (κ1) is 24.0. The number of amides is 1. The molecule has 1 amide bonds. The molecule has 0 unspecified atom stereocenters. The summed E-state index contributed by atoms with van der Waals surface area (Å²) in [6.45, 7) is 0.264. The zero-order chi connectivity index (χ0) is 23.8. The van der Waals surface area contributed by atoms with Gasteiger partial charge in [-0.25, -0.2) is 13.1 Å². The fourth-order valence-electron chi connectivity index (χ4n) is 2.87. The fraction of sp³-hybridized carbons (Fsp3) is 0.0909. The third-order valence-electron chi connectivity index (χ3n) is 4.52. The molecule has 3 N–H and O–H groups in total. The van der Waals surface area contributed by atoms with Crippen molar-refractivity contribution in [3.8, 4) is 0 Å². The third kappa shape index (κ3) is 6.91. The topological polar surface area (TPSA) is 130 Å². The second-order valence-corrected chi connectivity index (χ2v) is 9.05. The van der Waals surface area contributed by atoms with Crippen molar-refractivity contribution in [1.29, 1.82) is 0 Å². The van der Waals surface area contributed by atoms with Crippen molar-refractivity contribution in [1.82, 2.24) is 10.0 Å². The van der Waals surface area contributed by atoms with Crippen LogP contribution >= 0.6 is 12.2 Å². The van der Waals surface area contributed by atoms with Gasteiger partial charge in [0.1, 0.15) is 0 Å². The summed E-state index contributed by atoms with van der Waals surface area (Å²) in [5.74, 6) is -0.613. The van der Waals surface area contributed by atoms with Crippen LogP contribution in [0.2, 0.25) is 0 Å². The molecule has 0 aliphatic heterocycles. The van der Waals surface area contributed by atoms with Gasteiger partial charge in [0, 0.05) is 29.9 Å². The normalized spacial score (nSPS) is 10.9. The summed E-state index contributed by atoms with van der Waals surface area (Å²) in [6, 6.07) is 20.6. The number of hydrogen-bond donors (Lipinski definition) is 3. The van der Waals surface area contributed by atoms with E-state index in [4.69, 9.17) is 12.2 Å². The van der Waals surface area contributed by atoms with Gasteiger partial charge in [-0.05, 0) is 54.5 Å². The minimum atomic E-state index is -3.68. The number of anilines is 1. The molecule has 0 saturated heterocycles. The molecule has 0 spiro atoms. The predicted octanol–water partition coefficient (Wildman–Crippen LogP) is 3.24. The number of nitro groups is 1. The van der Waals surface area contributed by atoms with E-state index in [0.717, 1.165) is 11.6 Å². The molecule has 0 aromatic heterocycles. The van der Waals surface area contributed by atoms with Gasteiger partial charge in [-0.2, -0.15) is 0 Å². The number of nitrogens with zero attached hydrogens (tertiary/aromatic N) is 1. The van der Waals surface area contributed by atoms with Crippen LogP contribution in [0.3, 0.4) is 0 Å². The quantitative estimate of drug-likeness (QED) is 0.254. The van der Waals surface area contributed by atoms with Gasteiger partial charge in [0.05, 0.1) is 9.82 Å². The second kappa shape index (κ2) is 10.8. The Bertz CT molecular complexity index is 1260. The first-order chi connectivity index (χ1) is 15.7. The van der Waals surface area contributed by atoms with Gasteiger partial charge in [-0.3, -0.25) is 20.2 Å². The molecule has 3 aromatic rings. The second-order valence-electron chi connectivity index (χ2n) is 6.87. The molecule has 0 radical (unpaired) electrons. The Labute approximate surface area is 196 Å². The highest BCUT2D eigenvalue weighted by Gasteiger charge is 2.15. The number of sulfonamides is 1. The summed E-state index contributed by atoms with van der Waals surface area (Å²) in [6.07, 6.45) is 0.568. The summed E-state index contributed by atoms with van der Waals surface area (Å²) in [5, 5.41) is 16.0. The van der Waals surface area contributed by atoms with Crippen LogP contribution < -0.4 is 15.4 Å². The average Bonchev–Trinajstić information content (AvgIpc) is 2.80. The van der Waals surface area contributed by atoms with Gasteiger partial charge in [-0.1, -0.05) is 36.4 Å². The molecule has 11 heteroatoms. The first-order valence-electron chi connectivity index (χ1n) is 9.75. The van der Waals surface area contributed by atoms with Gasteiger partial charge in [0.25, 0.3) is 11.6 Å². The number of non-ortho nitro benzene ring substituents is 1. The van der Waals surface area contributed by atoms with E-state index in [0.29, 0.717) is 12.1 Å². The Hall–Kier alpha value is -3.67. The van der Waals surface area contributed by atoms with Crippen LogP contribution in [-0.2, 0) is 16.4 Å². The predicted molar refractivity (Wildman–Crippen MR) is 129 cm³/mol. The van der Waals surface area contributed by atoms with Crippen LogP contribution in [-0.4, -0.2) is 30.9 Å². The number of rotatable bonds is 8. The van der Waals surface area contributed by atoms with E-state index in [9.17, 15) is 23.3 Å². The van der Waals surface area contributed by atoms with E-state index in [-0.39, 0.29) is 27.8 Å². The Morgan fingerprint density at radius 3 is 2.33 bits per heavy atom. The Kier molecular flexibility index (Phi) is 7.83.